The Hall–Kier alpha value is -0.520. The van der Waals surface area contributed by atoms with Crippen LogP contribution < -0.4 is 0 Å². The van der Waals surface area contributed by atoms with Crippen molar-refractivity contribution in [3.8, 4) is 0 Å². The normalized spacial score (nSPS) is 51.9. The van der Waals surface area contributed by atoms with Gasteiger partial charge < -0.3 is 64.5 Å². The van der Waals surface area contributed by atoms with Gasteiger partial charge in [-0.05, 0) is 0 Å². The minimum Gasteiger partial charge on any atom is -0.394 e. The van der Waals surface area contributed by atoms with Gasteiger partial charge in [0, 0.05) is 0 Å². The van der Waals surface area contributed by atoms with E-state index in [1.807, 2.05) is 0 Å². The predicted octanol–water partition coefficient (Wildman–Crippen LogP) is -5.66. The zero-order valence-corrected chi connectivity index (χ0v) is 14.7. The first-order valence-corrected chi connectivity index (χ1v) is 8.81. The van der Waals surface area contributed by atoms with E-state index in [4.69, 9.17) is 28.8 Å². The van der Waals surface area contributed by atoms with Gasteiger partial charge in [0.05, 0.1) is 19.8 Å². The quantitative estimate of drug-likeness (QED) is 0.196. The molecule has 12 atom stereocenters. The second kappa shape index (κ2) is 9.09. The second-order valence-corrected chi connectivity index (χ2v) is 6.94. The maximum Gasteiger partial charge on any atom is 0.186 e. The van der Waals surface area contributed by atoms with E-state index < -0.39 is 80.4 Å². The molecule has 0 bridgehead atoms. The van der Waals surface area contributed by atoms with Crippen molar-refractivity contribution in [1.29, 1.82) is 0 Å². The summed E-state index contributed by atoms with van der Waals surface area (Å²) in [5.41, 5.74) is 0. The molecule has 0 amide bonds. The lowest BCUT2D eigenvalue weighted by molar-refractivity contribution is -0.215. The molecule has 13 nitrogen and oxygen atoms in total. The van der Waals surface area contributed by atoms with Crippen LogP contribution in [-0.2, 0) is 23.7 Å². The van der Waals surface area contributed by atoms with Crippen LogP contribution in [0.3, 0.4) is 0 Å². The van der Waals surface area contributed by atoms with E-state index in [0.29, 0.717) is 0 Å². The van der Waals surface area contributed by atoms with E-state index in [1.165, 1.54) is 0 Å². The molecule has 0 aliphatic carbocycles. The average Bonchev–Trinajstić information content (AvgIpc) is 3.21. The minimum atomic E-state index is -1.57. The molecule has 0 spiro atoms. The van der Waals surface area contributed by atoms with Gasteiger partial charge >= 0.3 is 0 Å². The van der Waals surface area contributed by atoms with Gasteiger partial charge in [0.25, 0.3) is 0 Å². The Morgan fingerprint density at radius 1 is 0.536 bits per heavy atom. The summed E-state index contributed by atoms with van der Waals surface area (Å²) in [6, 6.07) is 0. The molecule has 3 rings (SSSR count). The van der Waals surface area contributed by atoms with E-state index in [1.54, 1.807) is 0 Å². The summed E-state index contributed by atoms with van der Waals surface area (Å²) in [4.78, 5) is 0. The van der Waals surface area contributed by atoms with Crippen LogP contribution >= 0.6 is 0 Å². The lowest BCUT2D eigenvalue weighted by Crippen LogP contribution is -2.39. The van der Waals surface area contributed by atoms with Crippen LogP contribution in [0.5, 0.6) is 0 Å². The van der Waals surface area contributed by atoms with Gasteiger partial charge in [0.15, 0.2) is 18.9 Å². The molecule has 3 aliphatic rings. The summed E-state index contributed by atoms with van der Waals surface area (Å²) in [5.74, 6) is 0. The van der Waals surface area contributed by atoms with Crippen LogP contribution in [0.25, 0.3) is 0 Å². The Morgan fingerprint density at radius 3 is 1.39 bits per heavy atom. The lowest BCUT2D eigenvalue weighted by atomic mass is 10.1. The van der Waals surface area contributed by atoms with Crippen LogP contribution in [0.1, 0.15) is 0 Å². The number of ether oxygens (including phenoxy) is 5. The molecule has 3 heterocycles. The van der Waals surface area contributed by atoms with Crippen molar-refractivity contribution in [2.24, 2.45) is 0 Å². The first kappa shape index (κ1) is 22.2. The fraction of sp³-hybridized carbons (Fsp3) is 1.00. The number of aliphatic hydroxyl groups excluding tert-OH is 8. The van der Waals surface area contributed by atoms with E-state index in [-0.39, 0.29) is 13.2 Å². The van der Waals surface area contributed by atoms with Crippen molar-refractivity contribution in [2.75, 3.05) is 19.8 Å². The molecule has 3 saturated heterocycles. The van der Waals surface area contributed by atoms with Gasteiger partial charge in [-0.1, -0.05) is 0 Å². The van der Waals surface area contributed by atoms with Crippen molar-refractivity contribution >= 4 is 0 Å². The fourth-order valence-electron chi connectivity index (χ4n) is 3.24. The van der Waals surface area contributed by atoms with Crippen molar-refractivity contribution < 1.29 is 64.5 Å². The maximum absolute atomic E-state index is 10.1. The molecular formula is C15H26O13. The van der Waals surface area contributed by atoms with E-state index in [9.17, 15) is 35.7 Å². The van der Waals surface area contributed by atoms with Crippen LogP contribution in [0, 0.1) is 0 Å². The van der Waals surface area contributed by atoms with Crippen LogP contribution in [-0.4, -0.2) is 134 Å². The summed E-state index contributed by atoms with van der Waals surface area (Å²) in [6.07, 6.45) is -15.8. The van der Waals surface area contributed by atoms with Crippen LogP contribution in [0.15, 0.2) is 0 Å². The van der Waals surface area contributed by atoms with E-state index >= 15 is 0 Å². The highest BCUT2D eigenvalue weighted by molar-refractivity contribution is 4.90. The maximum atomic E-state index is 10.1. The first-order valence-electron chi connectivity index (χ1n) is 8.81. The highest BCUT2D eigenvalue weighted by Gasteiger charge is 2.48. The lowest BCUT2D eigenvalue weighted by Gasteiger charge is -2.20. The van der Waals surface area contributed by atoms with Crippen LogP contribution in [0.2, 0.25) is 0 Å². The molecular weight excluding hydrogens is 388 g/mol. The number of hydrogen-bond acceptors (Lipinski definition) is 13. The summed E-state index contributed by atoms with van der Waals surface area (Å²) in [7, 11) is 0. The molecule has 28 heavy (non-hydrogen) atoms. The Kier molecular flexibility index (Phi) is 7.20. The van der Waals surface area contributed by atoms with Gasteiger partial charge in [-0.15, -0.1) is 0 Å². The number of rotatable bonds is 7. The number of aliphatic hydroxyl groups is 8. The summed E-state index contributed by atoms with van der Waals surface area (Å²) >= 11 is 0. The summed E-state index contributed by atoms with van der Waals surface area (Å²) < 4.78 is 25.9. The summed E-state index contributed by atoms with van der Waals surface area (Å²) in [6.45, 7) is -1.19. The topological polar surface area (TPSA) is 208 Å². The second-order valence-electron chi connectivity index (χ2n) is 6.94. The van der Waals surface area contributed by atoms with Gasteiger partial charge in [-0.2, -0.15) is 0 Å². The molecule has 0 aromatic carbocycles. The smallest absolute Gasteiger partial charge is 0.186 e. The molecule has 8 N–H and O–H groups in total. The van der Waals surface area contributed by atoms with Crippen molar-refractivity contribution in [2.45, 2.75) is 73.8 Å². The van der Waals surface area contributed by atoms with Gasteiger partial charge in [0.2, 0.25) is 0 Å². The molecule has 3 aliphatic heterocycles. The highest BCUT2D eigenvalue weighted by Crippen LogP contribution is 2.27. The van der Waals surface area contributed by atoms with E-state index in [2.05, 4.69) is 0 Å². The third-order valence-corrected chi connectivity index (χ3v) is 5.00. The Balaban J connectivity index is 1.46. The molecule has 1 unspecified atom stereocenters. The predicted molar refractivity (Wildman–Crippen MR) is 83.2 cm³/mol. The Bertz CT molecular complexity index is 508. The third-order valence-electron chi connectivity index (χ3n) is 5.00. The third kappa shape index (κ3) is 4.32. The van der Waals surface area contributed by atoms with E-state index in [0.717, 1.165) is 0 Å². The zero-order chi connectivity index (χ0) is 20.6. The van der Waals surface area contributed by atoms with Gasteiger partial charge in [0.1, 0.15) is 54.9 Å². The monoisotopic (exact) mass is 414 g/mol. The Morgan fingerprint density at radius 2 is 0.964 bits per heavy atom. The van der Waals surface area contributed by atoms with Crippen LogP contribution in [0.4, 0.5) is 0 Å². The molecule has 164 valence electrons. The standard InChI is InChI=1S/C15H26O13/c16-1-4-7(17)11(21)14(27-4)25-3-6-9(19)12(22)15(28-6)24-2-5-8(18)10(20)13(23)26-5/h4-23H,1-3H2/t4-,5-,6-,7-,8-,9-,10+,11+,12+,13?,14+,15+/m0/s1. The van der Waals surface area contributed by atoms with Gasteiger partial charge in [-0.25, -0.2) is 0 Å². The highest BCUT2D eigenvalue weighted by atomic mass is 16.7. The molecule has 0 aromatic rings. The summed E-state index contributed by atoms with van der Waals surface area (Å²) in [5, 5.41) is 77.1. The average molecular weight is 414 g/mol. The largest absolute Gasteiger partial charge is 0.394 e. The zero-order valence-electron chi connectivity index (χ0n) is 14.7. The van der Waals surface area contributed by atoms with Crippen molar-refractivity contribution in [3.05, 3.63) is 0 Å². The fourth-order valence-corrected chi connectivity index (χ4v) is 3.24. The SMILES string of the molecule is OC[C@@H]1O[C@@H](OC[C@@H]2O[C@@H](OC[C@@H]3OC(O)[C@H](O)[C@H]3O)[C@H](O)[C@H]2O)[C@H](O)[C@H]1O. The molecule has 0 radical (unpaired) electrons. The Labute approximate surface area is 159 Å². The molecule has 0 aromatic heterocycles. The first-order chi connectivity index (χ1) is 13.2. The van der Waals surface area contributed by atoms with Crippen molar-refractivity contribution in [3.63, 3.8) is 0 Å². The molecule has 13 heteroatoms. The van der Waals surface area contributed by atoms with Crippen molar-refractivity contribution in [1.82, 2.24) is 0 Å². The molecule has 3 fully saturated rings. The van der Waals surface area contributed by atoms with Gasteiger partial charge in [-0.3, -0.25) is 0 Å². The molecule has 0 saturated carbocycles. The minimum absolute atomic E-state index is 0.329. The number of hydrogen-bond donors (Lipinski definition) is 8.